The zero-order valence-corrected chi connectivity index (χ0v) is 18.8. The van der Waals surface area contributed by atoms with Crippen molar-refractivity contribution in [3.8, 4) is 0 Å². The molecule has 0 spiro atoms. The highest BCUT2D eigenvalue weighted by Crippen LogP contribution is 2.30. The minimum Gasteiger partial charge on any atom is -0.462 e. The number of nitrogens with one attached hydrogen (secondary N) is 2. The van der Waals surface area contributed by atoms with Crippen molar-refractivity contribution in [1.82, 2.24) is 10.6 Å². The molecule has 0 fully saturated rings. The van der Waals surface area contributed by atoms with Crippen molar-refractivity contribution >= 4 is 24.1 Å². The fourth-order valence-electron chi connectivity index (χ4n) is 1.58. The van der Waals surface area contributed by atoms with Gasteiger partial charge in [-0.15, -0.1) is 0 Å². The number of aliphatic hydroxyl groups is 2. The van der Waals surface area contributed by atoms with Gasteiger partial charge in [0.1, 0.15) is 0 Å². The number of esters is 2. The Labute approximate surface area is 193 Å². The second kappa shape index (κ2) is 15.0. The molecule has 0 aromatic carbocycles. The third-order valence-electron chi connectivity index (χ3n) is 3.08. The molecule has 6 N–H and O–H groups in total. The first-order chi connectivity index (χ1) is 15.4. The van der Waals surface area contributed by atoms with Gasteiger partial charge in [0, 0.05) is 0 Å². The molecule has 0 heterocycles. The summed E-state index contributed by atoms with van der Waals surface area (Å²) in [6, 6.07) is 0. The van der Waals surface area contributed by atoms with E-state index in [1.807, 2.05) is 0 Å². The van der Waals surface area contributed by atoms with Gasteiger partial charge in [-0.2, -0.15) is 26.3 Å². The van der Waals surface area contributed by atoms with Crippen molar-refractivity contribution in [2.24, 2.45) is 0 Å². The highest BCUT2D eigenvalue weighted by atomic mass is 19.4. The van der Waals surface area contributed by atoms with Crippen LogP contribution in [0.5, 0.6) is 0 Å². The average molecular weight is 536 g/mol. The zero-order valence-electron chi connectivity index (χ0n) is 18.8. The quantitative estimate of drug-likeness (QED) is 0.144. The standard InChI is InChI=1S/2C8H12F3NO5.H2O/c2*1-3-16-5(13)7(15,8(9,10)11)12-6(14)17-4-2;/h2*15H,3-4H2,1-2H3,(H,12,14);1H2. The van der Waals surface area contributed by atoms with E-state index in [9.17, 15) is 45.5 Å². The first-order valence-corrected chi connectivity index (χ1v) is 9.20. The number of carbonyl (C=O) groups is 4. The lowest BCUT2D eigenvalue weighted by atomic mass is 10.2. The summed E-state index contributed by atoms with van der Waals surface area (Å²) < 4.78 is 91.1. The maximum atomic E-state index is 12.5. The maximum Gasteiger partial charge on any atom is 0.448 e. The number of halogens is 6. The van der Waals surface area contributed by atoms with Gasteiger partial charge >= 0.3 is 47.9 Å². The number of hydrogen-bond donors (Lipinski definition) is 4. The highest BCUT2D eigenvalue weighted by Gasteiger charge is 2.63. The number of rotatable bonds is 8. The highest BCUT2D eigenvalue weighted by molar-refractivity contribution is 5.85. The van der Waals surface area contributed by atoms with Crippen LogP contribution in [-0.2, 0) is 28.5 Å². The molecule has 2 amide bonds. The molecule has 0 aliphatic rings. The minimum atomic E-state index is -5.42. The van der Waals surface area contributed by atoms with Gasteiger partial charge in [-0.3, -0.25) is 10.6 Å². The van der Waals surface area contributed by atoms with E-state index >= 15 is 0 Å². The van der Waals surface area contributed by atoms with E-state index in [4.69, 9.17) is 10.2 Å². The first kappa shape index (κ1) is 36.5. The molecule has 35 heavy (non-hydrogen) atoms. The van der Waals surface area contributed by atoms with Crippen molar-refractivity contribution in [3.63, 3.8) is 0 Å². The number of alkyl halides is 6. The molecule has 0 radical (unpaired) electrons. The third-order valence-corrected chi connectivity index (χ3v) is 3.08. The topological polar surface area (TPSA) is 201 Å². The molecule has 0 aromatic heterocycles. The van der Waals surface area contributed by atoms with E-state index in [0.717, 1.165) is 10.6 Å². The van der Waals surface area contributed by atoms with Crippen LogP contribution in [-0.4, -0.2) is 90.0 Å². The van der Waals surface area contributed by atoms with Crippen LogP contribution in [0.25, 0.3) is 0 Å². The van der Waals surface area contributed by atoms with Crippen LogP contribution in [0.3, 0.4) is 0 Å². The Morgan fingerprint density at radius 1 is 0.600 bits per heavy atom. The van der Waals surface area contributed by atoms with Crippen molar-refractivity contribution in [2.75, 3.05) is 26.4 Å². The summed E-state index contributed by atoms with van der Waals surface area (Å²) in [6.45, 7) is 3.97. The van der Waals surface area contributed by atoms with Crippen LogP contribution in [0.2, 0.25) is 0 Å². The zero-order chi connectivity index (χ0) is 27.4. The summed E-state index contributed by atoms with van der Waals surface area (Å²) in [5, 5.41) is 20.3. The van der Waals surface area contributed by atoms with E-state index in [-0.39, 0.29) is 31.9 Å². The summed E-state index contributed by atoms with van der Waals surface area (Å²) in [7, 11) is 0. The number of carbonyl (C=O) groups excluding carboxylic acids is 4. The molecule has 0 aliphatic carbocycles. The summed E-state index contributed by atoms with van der Waals surface area (Å²) in [5.41, 5.74) is -8.23. The van der Waals surface area contributed by atoms with Crippen LogP contribution in [0.1, 0.15) is 27.7 Å². The number of hydrogen-bond acceptors (Lipinski definition) is 10. The van der Waals surface area contributed by atoms with E-state index in [0.29, 0.717) is 0 Å². The molecule has 0 saturated heterocycles. The van der Waals surface area contributed by atoms with E-state index in [1.165, 1.54) is 27.7 Å². The molecule has 2 atom stereocenters. The van der Waals surface area contributed by atoms with Gasteiger partial charge in [0.2, 0.25) is 0 Å². The second-order valence-electron chi connectivity index (χ2n) is 5.55. The molecular weight excluding hydrogens is 510 g/mol. The van der Waals surface area contributed by atoms with Crippen LogP contribution in [0.15, 0.2) is 0 Å². The number of alkyl carbamates (subject to hydrolysis) is 2. The monoisotopic (exact) mass is 536 g/mol. The molecule has 0 aromatic rings. The van der Waals surface area contributed by atoms with Crippen LogP contribution in [0.4, 0.5) is 35.9 Å². The molecular formula is C16H26F6N2O11. The summed E-state index contributed by atoms with van der Waals surface area (Å²) in [5.74, 6) is -4.05. The minimum absolute atomic E-state index is 0. The smallest absolute Gasteiger partial charge is 0.448 e. The van der Waals surface area contributed by atoms with Gasteiger partial charge < -0.3 is 34.6 Å². The van der Waals surface area contributed by atoms with Gasteiger partial charge in [0.25, 0.3) is 0 Å². The molecule has 2 unspecified atom stereocenters. The average Bonchev–Trinajstić information content (AvgIpc) is 2.67. The molecule has 19 heteroatoms. The Morgan fingerprint density at radius 2 is 0.829 bits per heavy atom. The Bertz CT molecular complexity index is 646. The van der Waals surface area contributed by atoms with E-state index in [1.54, 1.807) is 0 Å². The van der Waals surface area contributed by atoms with Crippen LogP contribution in [0, 0.1) is 0 Å². The Kier molecular flexibility index (Phi) is 15.7. The van der Waals surface area contributed by atoms with Gasteiger partial charge in [0.15, 0.2) is 0 Å². The van der Waals surface area contributed by atoms with Gasteiger partial charge in [0.05, 0.1) is 26.4 Å². The number of amides is 2. The third kappa shape index (κ3) is 10.8. The normalized spacial score (nSPS) is 14.3. The Morgan fingerprint density at radius 3 is 1.00 bits per heavy atom. The lowest BCUT2D eigenvalue weighted by Crippen LogP contribution is -2.64. The summed E-state index contributed by atoms with van der Waals surface area (Å²) >= 11 is 0. The molecule has 13 nitrogen and oxygen atoms in total. The van der Waals surface area contributed by atoms with Gasteiger partial charge in [-0.1, -0.05) is 0 Å². The lowest BCUT2D eigenvalue weighted by molar-refractivity contribution is -0.270. The van der Waals surface area contributed by atoms with Crippen molar-refractivity contribution in [3.05, 3.63) is 0 Å². The predicted octanol–water partition coefficient (Wildman–Crippen LogP) is 0.268. The van der Waals surface area contributed by atoms with Gasteiger partial charge in [-0.25, -0.2) is 19.2 Å². The Hall–Kier alpha value is -3.06. The van der Waals surface area contributed by atoms with Crippen molar-refractivity contribution in [2.45, 2.75) is 51.5 Å². The molecule has 208 valence electrons. The van der Waals surface area contributed by atoms with Gasteiger partial charge in [-0.05, 0) is 27.7 Å². The molecule has 0 bridgehead atoms. The first-order valence-electron chi connectivity index (χ1n) is 9.20. The number of ether oxygens (including phenoxy) is 4. The maximum absolute atomic E-state index is 12.5. The fourth-order valence-corrected chi connectivity index (χ4v) is 1.58. The molecule has 0 aliphatic heterocycles. The summed E-state index contributed by atoms with van der Waals surface area (Å²) in [6.07, 6.45) is -14.0. The van der Waals surface area contributed by atoms with Crippen molar-refractivity contribution in [1.29, 1.82) is 0 Å². The summed E-state index contributed by atoms with van der Waals surface area (Å²) in [4.78, 5) is 43.6. The predicted molar refractivity (Wildman–Crippen MR) is 99.2 cm³/mol. The SMILES string of the molecule is CCOC(=O)NC(O)(C(=O)OCC)C(F)(F)F.CCOC(=O)NC(O)(C(=O)OCC)C(F)(F)F.O. The lowest BCUT2D eigenvalue weighted by Gasteiger charge is -2.27. The fraction of sp³-hybridized carbons (Fsp3) is 0.750. The van der Waals surface area contributed by atoms with Crippen LogP contribution < -0.4 is 10.6 Å². The molecule has 0 rings (SSSR count). The van der Waals surface area contributed by atoms with Crippen molar-refractivity contribution < 1.29 is 80.2 Å². The van der Waals surface area contributed by atoms with E-state index in [2.05, 4.69) is 18.9 Å². The van der Waals surface area contributed by atoms with E-state index < -0.39 is 47.9 Å². The van der Waals surface area contributed by atoms with Crippen LogP contribution >= 0.6 is 0 Å². The Balaban J connectivity index is -0.000000569. The second-order valence-corrected chi connectivity index (χ2v) is 5.55. The largest absolute Gasteiger partial charge is 0.462 e. The molecule has 0 saturated carbocycles.